The van der Waals surface area contributed by atoms with Crippen molar-refractivity contribution in [3.63, 3.8) is 0 Å². The summed E-state index contributed by atoms with van der Waals surface area (Å²) in [6.07, 6.45) is 0.352. The Hall–Kier alpha value is -1.98. The number of nitrogens with zero attached hydrogens (tertiary/aromatic N) is 1. The highest BCUT2D eigenvalue weighted by Gasteiger charge is 2.20. The highest BCUT2D eigenvalue weighted by atomic mass is 35.5. The molecule has 0 aromatic heterocycles. The van der Waals surface area contributed by atoms with Crippen LogP contribution in [0.1, 0.15) is 6.42 Å². The predicted molar refractivity (Wildman–Crippen MR) is 136 cm³/mol. The van der Waals surface area contributed by atoms with Gasteiger partial charge in [0, 0.05) is 28.7 Å². The molecule has 8 nitrogen and oxygen atoms in total. The maximum absolute atomic E-state index is 12.7. The minimum atomic E-state index is -3.95. The Morgan fingerprint density at radius 3 is 2.09 bits per heavy atom. The first-order chi connectivity index (χ1) is 16.5. The Kier molecular flexibility index (Phi) is 9.34. The average molecular weight is 601 g/mol. The van der Waals surface area contributed by atoms with Gasteiger partial charge in [-0.05, 0) is 42.8 Å². The number of sulfonamides is 1. The van der Waals surface area contributed by atoms with Crippen LogP contribution >= 0.6 is 58.0 Å². The van der Waals surface area contributed by atoms with Crippen molar-refractivity contribution in [3.05, 3.63) is 83.8 Å². The van der Waals surface area contributed by atoms with Crippen LogP contribution in [0.4, 0.5) is 5.69 Å². The normalized spacial score (nSPS) is 11.3. The summed E-state index contributed by atoms with van der Waals surface area (Å²) in [7, 11) is -3.95. The van der Waals surface area contributed by atoms with E-state index in [1.54, 1.807) is 18.2 Å². The molecule has 0 unspecified atom stereocenters. The van der Waals surface area contributed by atoms with Gasteiger partial charge in [-0.1, -0.05) is 58.0 Å². The van der Waals surface area contributed by atoms with Crippen molar-refractivity contribution in [2.24, 2.45) is 0 Å². The molecule has 0 aliphatic carbocycles. The van der Waals surface area contributed by atoms with Crippen molar-refractivity contribution in [3.8, 4) is 17.2 Å². The molecule has 3 rings (SSSR count). The van der Waals surface area contributed by atoms with Crippen LogP contribution in [0.15, 0.2) is 53.4 Å². The van der Waals surface area contributed by atoms with Crippen molar-refractivity contribution in [1.29, 1.82) is 0 Å². The molecule has 0 aliphatic rings. The summed E-state index contributed by atoms with van der Waals surface area (Å²) in [5, 5.41) is 11.4. The fourth-order valence-electron chi connectivity index (χ4n) is 2.75. The summed E-state index contributed by atoms with van der Waals surface area (Å²) >= 11 is 30.3. The van der Waals surface area contributed by atoms with Gasteiger partial charge in [-0.3, -0.25) is 10.1 Å². The fraction of sp³-hybridized carbons (Fsp3) is 0.143. The number of non-ortho nitro benzene ring substituents is 1. The van der Waals surface area contributed by atoms with Crippen molar-refractivity contribution < 1.29 is 22.8 Å². The largest absolute Gasteiger partial charge is 0.493 e. The van der Waals surface area contributed by atoms with Crippen LogP contribution in [-0.2, 0) is 10.0 Å². The maximum atomic E-state index is 12.7. The lowest BCUT2D eigenvalue weighted by atomic mass is 10.3. The molecule has 0 saturated carbocycles. The second kappa shape index (κ2) is 11.8. The molecule has 3 aromatic rings. The Bertz CT molecular complexity index is 1330. The summed E-state index contributed by atoms with van der Waals surface area (Å²) in [5.41, 5.74) is -0.228. The molecule has 186 valence electrons. The van der Waals surface area contributed by atoms with Gasteiger partial charge >= 0.3 is 0 Å². The van der Waals surface area contributed by atoms with Crippen LogP contribution < -0.4 is 14.2 Å². The third-order valence-electron chi connectivity index (χ3n) is 4.34. The number of rotatable bonds is 10. The van der Waals surface area contributed by atoms with Gasteiger partial charge in [0.1, 0.15) is 11.5 Å². The molecule has 1 N–H and O–H groups in total. The highest BCUT2D eigenvalue weighted by Crippen LogP contribution is 2.41. The molecule has 0 radical (unpaired) electrons. The Morgan fingerprint density at radius 2 is 1.51 bits per heavy atom. The van der Waals surface area contributed by atoms with Crippen molar-refractivity contribution in [1.82, 2.24) is 4.72 Å². The monoisotopic (exact) mass is 598 g/mol. The second-order valence-corrected chi connectivity index (χ2v) is 10.8. The maximum Gasteiger partial charge on any atom is 0.271 e. The smallest absolute Gasteiger partial charge is 0.271 e. The van der Waals surface area contributed by atoms with E-state index in [9.17, 15) is 18.5 Å². The first kappa shape index (κ1) is 27.6. The molecule has 0 saturated heterocycles. The van der Waals surface area contributed by atoms with Gasteiger partial charge in [-0.15, -0.1) is 0 Å². The SMILES string of the molecule is O=[N+]([O-])c1ccc(Oc2c(Cl)cc(S(=O)(=O)NCCCOc3cc(Cl)cc(Cl)c3)cc2Cl)c(Cl)c1. The first-order valence-electron chi connectivity index (χ1n) is 9.65. The van der Waals surface area contributed by atoms with Gasteiger partial charge in [-0.25, -0.2) is 13.1 Å². The van der Waals surface area contributed by atoms with Crippen LogP contribution in [-0.4, -0.2) is 26.5 Å². The summed E-state index contributed by atoms with van der Waals surface area (Å²) in [6.45, 7) is 0.284. The molecule has 14 heteroatoms. The van der Waals surface area contributed by atoms with E-state index in [0.29, 0.717) is 22.2 Å². The lowest BCUT2D eigenvalue weighted by Gasteiger charge is -2.13. The molecule has 0 aliphatic heterocycles. The summed E-state index contributed by atoms with van der Waals surface area (Å²) < 4.78 is 38.8. The van der Waals surface area contributed by atoms with Gasteiger partial charge < -0.3 is 9.47 Å². The van der Waals surface area contributed by atoms with Gasteiger partial charge in [0.15, 0.2) is 5.75 Å². The zero-order chi connectivity index (χ0) is 25.8. The minimum Gasteiger partial charge on any atom is -0.493 e. The van der Waals surface area contributed by atoms with Crippen molar-refractivity contribution >= 4 is 73.7 Å². The highest BCUT2D eigenvalue weighted by molar-refractivity contribution is 7.89. The van der Waals surface area contributed by atoms with E-state index >= 15 is 0 Å². The molecule has 0 heterocycles. The molecule has 0 atom stereocenters. The average Bonchev–Trinajstić information content (AvgIpc) is 2.76. The Labute approximate surface area is 225 Å². The summed E-state index contributed by atoms with van der Waals surface area (Å²) in [5.74, 6) is 0.458. The molecule has 35 heavy (non-hydrogen) atoms. The van der Waals surface area contributed by atoms with E-state index in [2.05, 4.69) is 4.72 Å². The third-order valence-corrected chi connectivity index (χ3v) is 7.07. The van der Waals surface area contributed by atoms with Crippen molar-refractivity contribution in [2.45, 2.75) is 11.3 Å². The van der Waals surface area contributed by atoms with E-state index in [1.807, 2.05) is 0 Å². The number of nitrogens with one attached hydrogen (secondary N) is 1. The topological polar surface area (TPSA) is 108 Å². The lowest BCUT2D eigenvalue weighted by molar-refractivity contribution is -0.384. The zero-order valence-corrected chi connectivity index (χ0v) is 22.0. The molecular weight excluding hydrogens is 586 g/mol. The Balaban J connectivity index is 1.63. The van der Waals surface area contributed by atoms with E-state index < -0.39 is 14.9 Å². The second-order valence-electron chi connectivity index (χ2n) is 6.89. The lowest BCUT2D eigenvalue weighted by Crippen LogP contribution is -2.26. The zero-order valence-electron chi connectivity index (χ0n) is 17.4. The summed E-state index contributed by atoms with van der Waals surface area (Å²) in [4.78, 5) is 10.1. The predicted octanol–water partition coefficient (Wildman–Crippen LogP) is 7.40. The number of halogens is 5. The van der Waals surface area contributed by atoms with E-state index in [1.165, 1.54) is 12.1 Å². The number of nitro groups is 1. The van der Waals surface area contributed by atoms with Crippen LogP contribution in [0.5, 0.6) is 17.2 Å². The molecular formula is C21H15Cl5N2O6S. The molecule has 0 bridgehead atoms. The fourth-order valence-corrected chi connectivity index (χ4v) is 5.29. The quantitative estimate of drug-likeness (QED) is 0.148. The van der Waals surface area contributed by atoms with Gasteiger partial charge in [0.05, 0.1) is 31.5 Å². The van der Waals surface area contributed by atoms with Gasteiger partial charge in [-0.2, -0.15) is 0 Å². The number of hydrogen-bond acceptors (Lipinski definition) is 6. The van der Waals surface area contributed by atoms with E-state index in [4.69, 9.17) is 67.5 Å². The summed E-state index contributed by atoms with van der Waals surface area (Å²) in [6, 6.07) is 10.6. The molecule has 3 aromatic carbocycles. The van der Waals surface area contributed by atoms with Crippen LogP contribution in [0, 0.1) is 10.1 Å². The van der Waals surface area contributed by atoms with E-state index in [0.717, 1.165) is 18.2 Å². The molecule has 0 fully saturated rings. The van der Waals surface area contributed by atoms with Crippen LogP contribution in [0.2, 0.25) is 25.1 Å². The van der Waals surface area contributed by atoms with Crippen molar-refractivity contribution in [2.75, 3.05) is 13.2 Å². The third kappa shape index (κ3) is 7.50. The Morgan fingerprint density at radius 1 is 0.886 bits per heavy atom. The van der Waals surface area contributed by atoms with Crippen LogP contribution in [0.25, 0.3) is 0 Å². The standard InChI is InChI=1S/C21H15Cl5N2O6S/c22-12-6-13(23)8-15(7-12)33-5-1-4-27-35(31,32)16-10-18(25)21(19(26)11-16)34-20-3-2-14(28(29)30)9-17(20)24/h2-3,6-11,27H,1,4-5H2. The molecule has 0 spiro atoms. The van der Waals surface area contributed by atoms with Gasteiger partial charge in [0.2, 0.25) is 10.0 Å². The number of hydrogen-bond donors (Lipinski definition) is 1. The number of benzene rings is 3. The van der Waals surface area contributed by atoms with Gasteiger partial charge in [0.25, 0.3) is 5.69 Å². The minimum absolute atomic E-state index is 0.0491. The first-order valence-corrected chi connectivity index (χ1v) is 13.0. The molecule has 0 amide bonds. The number of ether oxygens (including phenoxy) is 2. The van der Waals surface area contributed by atoms with E-state index in [-0.39, 0.29) is 50.3 Å². The number of nitro benzene ring substituents is 1. The van der Waals surface area contributed by atoms with Crippen LogP contribution in [0.3, 0.4) is 0 Å².